The minimum atomic E-state index is -0.171. The van der Waals surface area contributed by atoms with E-state index >= 15 is 0 Å². The summed E-state index contributed by atoms with van der Waals surface area (Å²) >= 11 is 0. The van der Waals surface area contributed by atoms with Crippen LogP contribution in [-0.2, 0) is 9.53 Å². The van der Waals surface area contributed by atoms with Gasteiger partial charge >= 0.3 is 0 Å². The number of hydrogen-bond donors (Lipinski definition) is 3. The highest BCUT2D eigenvalue weighted by Crippen LogP contribution is 2.23. The van der Waals surface area contributed by atoms with E-state index < -0.39 is 0 Å². The number of aromatic nitrogens is 2. The highest BCUT2D eigenvalue weighted by molar-refractivity contribution is 5.87. The minimum Gasteiger partial charge on any atom is -0.379 e. The van der Waals surface area contributed by atoms with Crippen LogP contribution in [0.4, 0.5) is 11.5 Å². The van der Waals surface area contributed by atoms with E-state index in [-0.39, 0.29) is 17.5 Å². The monoisotopic (exact) mass is 452 g/mol. The molecule has 4 heterocycles. The summed E-state index contributed by atoms with van der Waals surface area (Å²) in [5, 5.41) is 6.39. The van der Waals surface area contributed by atoms with Crippen LogP contribution in [0.2, 0.25) is 0 Å². The normalized spacial score (nSPS) is 19.5. The number of pyridine rings is 2. The van der Waals surface area contributed by atoms with Crippen molar-refractivity contribution in [3.63, 3.8) is 0 Å². The molecule has 2 saturated heterocycles. The highest BCUT2D eigenvalue weighted by Gasteiger charge is 2.23. The third kappa shape index (κ3) is 6.21. The first-order chi connectivity index (χ1) is 16.1. The van der Waals surface area contributed by atoms with Gasteiger partial charge in [-0.1, -0.05) is 6.08 Å². The molecule has 0 radical (unpaired) electrons. The van der Waals surface area contributed by atoms with Crippen LogP contribution in [0.1, 0.15) is 12.8 Å². The summed E-state index contributed by atoms with van der Waals surface area (Å²) in [6, 6.07) is 5.72. The van der Waals surface area contributed by atoms with Gasteiger partial charge in [-0.25, -0.2) is 4.98 Å². The standard InChI is InChI=1S/C24H32N6O3/c1-25-22-15-18(6-7-26-22)19-14-21(24(32)27-16-19)28-20-4-2-9-30(17-20)23(31)5-3-8-29-10-12-33-13-11-29/h3,5-7,14-16,20,28H,2,4,8-13,17H2,1H3,(H,25,26)(H,27,32)/b5-3+. The average Bonchev–Trinajstić information content (AvgIpc) is 2.86. The first-order valence-corrected chi connectivity index (χ1v) is 11.5. The van der Waals surface area contributed by atoms with Crippen LogP contribution < -0.4 is 16.2 Å². The summed E-state index contributed by atoms with van der Waals surface area (Å²) in [7, 11) is 1.82. The molecule has 0 saturated carbocycles. The second-order valence-corrected chi connectivity index (χ2v) is 8.39. The Bertz CT molecular complexity index is 1030. The second-order valence-electron chi connectivity index (χ2n) is 8.39. The molecule has 0 bridgehead atoms. The van der Waals surface area contributed by atoms with Crippen molar-refractivity contribution < 1.29 is 9.53 Å². The molecule has 2 aliphatic rings. The molecule has 0 spiro atoms. The number of piperidine rings is 1. The fraction of sp³-hybridized carbons (Fsp3) is 0.458. The molecule has 4 rings (SSSR count). The molecule has 9 nitrogen and oxygen atoms in total. The maximum absolute atomic E-state index is 12.7. The fourth-order valence-electron chi connectivity index (χ4n) is 4.21. The van der Waals surface area contributed by atoms with Crippen LogP contribution in [0.5, 0.6) is 0 Å². The minimum absolute atomic E-state index is 0.0220. The Balaban J connectivity index is 1.37. The number of morpholine rings is 1. The number of nitrogens with zero attached hydrogens (tertiary/aromatic N) is 3. The zero-order valence-electron chi connectivity index (χ0n) is 19.0. The first kappa shape index (κ1) is 23.0. The first-order valence-electron chi connectivity index (χ1n) is 11.5. The Morgan fingerprint density at radius 3 is 2.94 bits per heavy atom. The Kier molecular flexibility index (Phi) is 7.74. The molecule has 2 fully saturated rings. The van der Waals surface area contributed by atoms with Gasteiger partial charge in [0, 0.05) is 69.8 Å². The summed E-state index contributed by atoms with van der Waals surface area (Å²) < 4.78 is 5.36. The molecule has 0 aromatic carbocycles. The fourth-order valence-corrected chi connectivity index (χ4v) is 4.21. The van der Waals surface area contributed by atoms with E-state index in [2.05, 4.69) is 25.5 Å². The van der Waals surface area contributed by atoms with Gasteiger partial charge in [-0.05, 0) is 36.6 Å². The molecule has 1 atom stereocenters. The summed E-state index contributed by atoms with van der Waals surface area (Å²) in [5.74, 6) is 0.783. The van der Waals surface area contributed by atoms with E-state index in [1.807, 2.05) is 36.2 Å². The van der Waals surface area contributed by atoms with Gasteiger partial charge in [-0.15, -0.1) is 0 Å². The van der Waals surface area contributed by atoms with Crippen LogP contribution in [0.3, 0.4) is 0 Å². The van der Waals surface area contributed by atoms with Crippen molar-refractivity contribution in [1.29, 1.82) is 0 Å². The lowest BCUT2D eigenvalue weighted by Gasteiger charge is -2.33. The van der Waals surface area contributed by atoms with Crippen molar-refractivity contribution in [1.82, 2.24) is 19.8 Å². The van der Waals surface area contributed by atoms with E-state index in [4.69, 9.17) is 4.74 Å². The van der Waals surface area contributed by atoms with Crippen LogP contribution in [0.25, 0.3) is 11.1 Å². The third-order valence-electron chi connectivity index (χ3n) is 6.07. The number of likely N-dealkylation sites (tertiary alicyclic amines) is 1. The summed E-state index contributed by atoms with van der Waals surface area (Å²) in [4.78, 5) is 36.3. The smallest absolute Gasteiger partial charge is 0.271 e. The zero-order valence-corrected chi connectivity index (χ0v) is 19.0. The van der Waals surface area contributed by atoms with Crippen molar-refractivity contribution >= 4 is 17.4 Å². The van der Waals surface area contributed by atoms with Gasteiger partial charge in [0.05, 0.1) is 13.2 Å². The quantitative estimate of drug-likeness (QED) is 0.550. The van der Waals surface area contributed by atoms with Crippen LogP contribution in [0, 0.1) is 0 Å². The van der Waals surface area contributed by atoms with Gasteiger partial charge in [0.25, 0.3) is 5.56 Å². The van der Waals surface area contributed by atoms with Gasteiger partial charge in [0.1, 0.15) is 11.5 Å². The molecule has 1 unspecified atom stereocenters. The van der Waals surface area contributed by atoms with Gasteiger partial charge in [-0.3, -0.25) is 14.5 Å². The maximum Gasteiger partial charge on any atom is 0.271 e. The van der Waals surface area contributed by atoms with E-state index in [0.29, 0.717) is 12.2 Å². The van der Waals surface area contributed by atoms with Crippen LogP contribution in [0.15, 0.2) is 47.5 Å². The average molecular weight is 453 g/mol. The molecule has 0 aliphatic carbocycles. The van der Waals surface area contributed by atoms with Crippen molar-refractivity contribution in [3.8, 4) is 11.1 Å². The number of ether oxygens (including phenoxy) is 1. The predicted octanol–water partition coefficient (Wildman–Crippen LogP) is 1.77. The predicted molar refractivity (Wildman–Crippen MR) is 129 cm³/mol. The Morgan fingerprint density at radius 1 is 1.27 bits per heavy atom. The number of amides is 1. The zero-order chi connectivity index (χ0) is 23.0. The Morgan fingerprint density at radius 2 is 2.12 bits per heavy atom. The number of rotatable bonds is 7. The summed E-state index contributed by atoms with van der Waals surface area (Å²) in [5.41, 5.74) is 2.19. The Labute approximate surface area is 193 Å². The molecule has 2 aromatic rings. The topological polar surface area (TPSA) is 103 Å². The van der Waals surface area contributed by atoms with Gasteiger partial charge in [0.2, 0.25) is 5.91 Å². The van der Waals surface area contributed by atoms with Crippen LogP contribution in [-0.4, -0.2) is 84.7 Å². The number of anilines is 2. The van der Waals surface area contributed by atoms with Gasteiger partial charge in [0.15, 0.2) is 0 Å². The molecule has 9 heteroatoms. The lowest BCUT2D eigenvalue weighted by molar-refractivity contribution is -0.127. The molecule has 33 heavy (non-hydrogen) atoms. The number of hydrogen-bond acceptors (Lipinski definition) is 7. The molecule has 2 aromatic heterocycles. The number of H-pyrrole nitrogens is 1. The molecule has 176 valence electrons. The van der Waals surface area contributed by atoms with Crippen molar-refractivity contribution in [2.24, 2.45) is 0 Å². The van der Waals surface area contributed by atoms with Crippen molar-refractivity contribution in [2.45, 2.75) is 18.9 Å². The Hall–Kier alpha value is -3.17. The summed E-state index contributed by atoms with van der Waals surface area (Å²) in [6.45, 7) is 5.37. The maximum atomic E-state index is 12.7. The largest absolute Gasteiger partial charge is 0.379 e. The van der Waals surface area contributed by atoms with E-state index in [9.17, 15) is 9.59 Å². The van der Waals surface area contributed by atoms with Crippen molar-refractivity contribution in [3.05, 3.63) is 53.1 Å². The molecular formula is C24H32N6O3. The SMILES string of the molecule is CNc1cc(-c2c[nH]c(=O)c(NC3CCCN(C(=O)/C=C/CN4CCOCC4)C3)c2)ccn1. The second kappa shape index (κ2) is 11.1. The molecule has 2 aliphatic heterocycles. The molecule has 1 amide bonds. The third-order valence-corrected chi connectivity index (χ3v) is 6.07. The van der Waals surface area contributed by atoms with Crippen molar-refractivity contribution in [2.75, 3.05) is 63.6 Å². The highest BCUT2D eigenvalue weighted by atomic mass is 16.5. The summed E-state index contributed by atoms with van der Waals surface area (Å²) in [6.07, 6.45) is 8.86. The lowest BCUT2D eigenvalue weighted by Crippen LogP contribution is -2.45. The number of carbonyl (C=O) groups is 1. The van der Waals surface area contributed by atoms with E-state index in [1.165, 1.54) is 0 Å². The number of nitrogens with one attached hydrogen (secondary N) is 3. The van der Waals surface area contributed by atoms with Crippen LogP contribution >= 0.6 is 0 Å². The lowest BCUT2D eigenvalue weighted by atomic mass is 10.0. The molecule has 3 N–H and O–H groups in total. The molecular weight excluding hydrogens is 420 g/mol. The number of aromatic amines is 1. The number of carbonyl (C=O) groups excluding carboxylic acids is 1. The van der Waals surface area contributed by atoms with Gasteiger partial charge < -0.3 is 25.3 Å². The van der Waals surface area contributed by atoms with Gasteiger partial charge in [-0.2, -0.15) is 0 Å². The van der Waals surface area contributed by atoms with E-state index in [1.54, 1.807) is 18.5 Å². The van der Waals surface area contributed by atoms with E-state index in [0.717, 1.165) is 69.2 Å².